The molecule has 0 N–H and O–H groups in total. The van der Waals surface area contributed by atoms with Crippen LogP contribution >= 0.6 is 0 Å². The van der Waals surface area contributed by atoms with Gasteiger partial charge in [-0.15, -0.1) is 0 Å². The second-order valence-corrected chi connectivity index (χ2v) is 4.58. The number of aromatic nitrogens is 2. The van der Waals surface area contributed by atoms with Crippen molar-refractivity contribution in [1.29, 1.82) is 0 Å². The van der Waals surface area contributed by atoms with E-state index in [9.17, 15) is 0 Å². The van der Waals surface area contributed by atoms with Crippen LogP contribution in [0, 0.1) is 0 Å². The van der Waals surface area contributed by atoms with Gasteiger partial charge >= 0.3 is 0 Å². The molecule has 1 aliphatic heterocycles. The van der Waals surface area contributed by atoms with Crippen LogP contribution in [0.4, 0.5) is 5.95 Å². The van der Waals surface area contributed by atoms with Gasteiger partial charge in [-0.3, -0.25) is 0 Å². The lowest BCUT2D eigenvalue weighted by atomic mass is 10.2. The number of hydrogen-bond acceptors (Lipinski definition) is 5. The number of fused-ring (bicyclic) bond motifs is 3. The molecule has 1 aliphatic rings. The third-order valence-corrected chi connectivity index (χ3v) is 3.40. The Morgan fingerprint density at radius 1 is 1.05 bits per heavy atom. The van der Waals surface area contributed by atoms with Crippen molar-refractivity contribution < 1.29 is 9.15 Å². The molecule has 0 saturated carbocycles. The van der Waals surface area contributed by atoms with Crippen LogP contribution in [-0.4, -0.2) is 36.3 Å². The summed E-state index contributed by atoms with van der Waals surface area (Å²) in [6.07, 6.45) is 1.76. The first-order chi connectivity index (χ1) is 9.42. The third-order valence-electron chi connectivity index (χ3n) is 3.40. The fourth-order valence-corrected chi connectivity index (χ4v) is 2.41. The molecular weight excluding hydrogens is 242 g/mol. The average Bonchev–Trinajstić information content (AvgIpc) is 2.86. The van der Waals surface area contributed by atoms with Gasteiger partial charge in [-0.25, -0.2) is 9.97 Å². The van der Waals surface area contributed by atoms with Gasteiger partial charge in [0.2, 0.25) is 5.95 Å². The van der Waals surface area contributed by atoms with Crippen LogP contribution in [0.5, 0.6) is 0 Å². The summed E-state index contributed by atoms with van der Waals surface area (Å²) in [5.74, 6) is 0.752. The van der Waals surface area contributed by atoms with Crippen LogP contribution in [0.15, 0.2) is 34.9 Å². The first kappa shape index (κ1) is 10.8. The maximum Gasteiger partial charge on any atom is 0.226 e. The number of anilines is 1. The maximum atomic E-state index is 5.73. The summed E-state index contributed by atoms with van der Waals surface area (Å²) in [7, 11) is 0. The number of morpholine rings is 1. The zero-order chi connectivity index (χ0) is 12.7. The van der Waals surface area contributed by atoms with Gasteiger partial charge in [0.15, 0.2) is 5.58 Å². The summed E-state index contributed by atoms with van der Waals surface area (Å²) in [6, 6.07) is 7.93. The number of benzene rings is 1. The second-order valence-electron chi connectivity index (χ2n) is 4.58. The lowest BCUT2D eigenvalue weighted by Crippen LogP contribution is -2.37. The van der Waals surface area contributed by atoms with Gasteiger partial charge in [-0.05, 0) is 12.1 Å². The summed E-state index contributed by atoms with van der Waals surface area (Å²) >= 11 is 0. The van der Waals surface area contributed by atoms with Gasteiger partial charge in [-0.2, -0.15) is 0 Å². The molecule has 0 bridgehead atoms. The van der Waals surface area contributed by atoms with Crippen LogP contribution in [0.1, 0.15) is 0 Å². The van der Waals surface area contributed by atoms with Crippen molar-refractivity contribution >= 4 is 28.0 Å². The largest absolute Gasteiger partial charge is 0.453 e. The van der Waals surface area contributed by atoms with Crippen LogP contribution < -0.4 is 4.90 Å². The minimum atomic E-state index is 0.730. The quantitative estimate of drug-likeness (QED) is 0.667. The van der Waals surface area contributed by atoms with Crippen molar-refractivity contribution in [2.45, 2.75) is 0 Å². The Morgan fingerprint density at radius 2 is 1.89 bits per heavy atom. The van der Waals surface area contributed by atoms with Gasteiger partial charge in [0.1, 0.15) is 11.1 Å². The summed E-state index contributed by atoms with van der Waals surface area (Å²) in [6.45, 7) is 3.13. The molecule has 0 atom stereocenters. The molecule has 4 rings (SSSR count). The van der Waals surface area contributed by atoms with Gasteiger partial charge in [-0.1, -0.05) is 12.1 Å². The molecule has 0 aliphatic carbocycles. The molecule has 1 fully saturated rings. The predicted octanol–water partition coefficient (Wildman–Crippen LogP) is 2.21. The molecule has 0 radical (unpaired) electrons. The van der Waals surface area contributed by atoms with Gasteiger partial charge in [0.25, 0.3) is 0 Å². The molecular formula is C14H13N3O2. The first-order valence-corrected chi connectivity index (χ1v) is 6.39. The van der Waals surface area contributed by atoms with E-state index in [1.165, 1.54) is 0 Å². The molecule has 3 aromatic rings. The SMILES string of the molecule is c1ccc2c(c1)oc1cnc(N3CCOCC3)nc12. The smallest absolute Gasteiger partial charge is 0.226 e. The molecule has 2 aromatic heterocycles. The Balaban J connectivity index is 1.87. The number of ether oxygens (including phenoxy) is 1. The normalized spacial score (nSPS) is 16.3. The number of rotatable bonds is 1. The summed E-state index contributed by atoms with van der Waals surface area (Å²) in [4.78, 5) is 11.2. The number of hydrogen-bond donors (Lipinski definition) is 0. The zero-order valence-electron chi connectivity index (χ0n) is 10.4. The van der Waals surface area contributed by atoms with E-state index in [1.54, 1.807) is 6.20 Å². The number of nitrogens with zero attached hydrogens (tertiary/aromatic N) is 3. The zero-order valence-corrected chi connectivity index (χ0v) is 10.4. The van der Waals surface area contributed by atoms with E-state index in [0.717, 1.165) is 54.3 Å². The monoisotopic (exact) mass is 255 g/mol. The van der Waals surface area contributed by atoms with Crippen molar-refractivity contribution in [3.63, 3.8) is 0 Å². The Morgan fingerprint density at radius 3 is 2.79 bits per heavy atom. The van der Waals surface area contributed by atoms with Crippen molar-refractivity contribution in [2.75, 3.05) is 31.2 Å². The van der Waals surface area contributed by atoms with Crippen molar-refractivity contribution in [2.24, 2.45) is 0 Å². The molecule has 1 aromatic carbocycles. The van der Waals surface area contributed by atoms with E-state index >= 15 is 0 Å². The Hall–Kier alpha value is -2.14. The van der Waals surface area contributed by atoms with Crippen LogP contribution in [0.3, 0.4) is 0 Å². The first-order valence-electron chi connectivity index (χ1n) is 6.39. The minimum Gasteiger partial charge on any atom is -0.453 e. The average molecular weight is 255 g/mol. The Kier molecular flexibility index (Phi) is 2.38. The summed E-state index contributed by atoms with van der Waals surface area (Å²) < 4.78 is 11.1. The third kappa shape index (κ3) is 1.74. The molecule has 3 heterocycles. The fourth-order valence-electron chi connectivity index (χ4n) is 2.41. The molecule has 0 amide bonds. The topological polar surface area (TPSA) is 51.4 Å². The standard InChI is InChI=1S/C14H13N3O2/c1-2-4-11-10(3-1)13-12(19-11)9-15-14(16-13)17-5-7-18-8-6-17/h1-4,9H,5-8H2. The summed E-state index contributed by atoms with van der Waals surface area (Å²) in [5, 5.41) is 1.04. The van der Waals surface area contributed by atoms with E-state index < -0.39 is 0 Å². The number of para-hydroxylation sites is 1. The second kappa shape index (κ2) is 4.20. The van der Waals surface area contributed by atoms with Crippen LogP contribution in [0.25, 0.3) is 22.1 Å². The molecule has 0 unspecified atom stereocenters. The van der Waals surface area contributed by atoms with Gasteiger partial charge in [0.05, 0.1) is 19.4 Å². The Labute approximate surface area is 109 Å². The molecule has 1 saturated heterocycles. The fraction of sp³-hybridized carbons (Fsp3) is 0.286. The minimum absolute atomic E-state index is 0.730. The molecule has 19 heavy (non-hydrogen) atoms. The van der Waals surface area contributed by atoms with Gasteiger partial charge in [0, 0.05) is 18.5 Å². The predicted molar refractivity (Wildman–Crippen MR) is 72.3 cm³/mol. The highest BCUT2D eigenvalue weighted by molar-refractivity contribution is 6.02. The lowest BCUT2D eigenvalue weighted by molar-refractivity contribution is 0.122. The van der Waals surface area contributed by atoms with E-state index in [1.807, 2.05) is 24.3 Å². The summed E-state index contributed by atoms with van der Waals surface area (Å²) in [5.41, 5.74) is 2.47. The van der Waals surface area contributed by atoms with E-state index in [2.05, 4.69) is 14.9 Å². The number of furan rings is 1. The lowest BCUT2D eigenvalue weighted by Gasteiger charge is -2.26. The van der Waals surface area contributed by atoms with Gasteiger partial charge < -0.3 is 14.1 Å². The molecule has 5 nitrogen and oxygen atoms in total. The molecule has 96 valence electrons. The van der Waals surface area contributed by atoms with Crippen LogP contribution in [0.2, 0.25) is 0 Å². The van der Waals surface area contributed by atoms with Crippen molar-refractivity contribution in [1.82, 2.24) is 9.97 Å². The highest BCUT2D eigenvalue weighted by Gasteiger charge is 2.16. The Bertz CT molecular complexity index is 732. The van der Waals surface area contributed by atoms with E-state index in [0.29, 0.717) is 0 Å². The van der Waals surface area contributed by atoms with Crippen molar-refractivity contribution in [3.05, 3.63) is 30.5 Å². The molecule has 5 heteroatoms. The molecule has 0 spiro atoms. The maximum absolute atomic E-state index is 5.73. The van der Waals surface area contributed by atoms with Crippen LogP contribution in [-0.2, 0) is 4.74 Å². The highest BCUT2D eigenvalue weighted by Crippen LogP contribution is 2.27. The van der Waals surface area contributed by atoms with Crippen molar-refractivity contribution in [3.8, 4) is 0 Å². The van der Waals surface area contributed by atoms with E-state index in [4.69, 9.17) is 9.15 Å². The highest BCUT2D eigenvalue weighted by atomic mass is 16.5. The van der Waals surface area contributed by atoms with E-state index in [-0.39, 0.29) is 0 Å².